The van der Waals surface area contributed by atoms with Gasteiger partial charge in [0.05, 0.1) is 24.1 Å². The van der Waals surface area contributed by atoms with Crippen LogP contribution >= 0.6 is 15.9 Å². The standard InChI is InChI=1S/C21H14BrN5O2/c1-13-20(12-25)18(26)29-21(13,15-2-4-16(22)5-3-15)28-17(19(20,10-23)11-24)14-6-8-27-9-7-14/h2-9,13,17,26H,1H3. The van der Waals surface area contributed by atoms with Crippen molar-refractivity contribution in [2.24, 2.45) is 16.7 Å². The maximum absolute atomic E-state index is 10.2. The Morgan fingerprint density at radius 3 is 2.21 bits per heavy atom. The predicted octanol–water partition coefficient (Wildman–Crippen LogP) is 3.96. The van der Waals surface area contributed by atoms with Gasteiger partial charge < -0.3 is 9.47 Å². The molecule has 2 aromatic rings. The third kappa shape index (κ3) is 2.17. The maximum Gasteiger partial charge on any atom is 0.244 e. The number of rotatable bonds is 2. The molecule has 4 atom stereocenters. The molecule has 2 bridgehead atoms. The molecule has 2 fully saturated rings. The normalized spacial score (nSPS) is 31.8. The van der Waals surface area contributed by atoms with Crippen molar-refractivity contribution in [3.63, 3.8) is 0 Å². The van der Waals surface area contributed by atoms with Crippen LogP contribution in [0.1, 0.15) is 24.2 Å². The van der Waals surface area contributed by atoms with E-state index in [1.165, 1.54) is 12.4 Å². The zero-order chi connectivity index (χ0) is 20.9. The Morgan fingerprint density at radius 2 is 1.66 bits per heavy atom. The van der Waals surface area contributed by atoms with E-state index in [0.717, 1.165) is 4.47 Å². The number of ether oxygens (including phenoxy) is 2. The second-order valence-corrected chi connectivity index (χ2v) is 7.97. The summed E-state index contributed by atoms with van der Waals surface area (Å²) in [6.07, 6.45) is 1.92. The molecule has 1 aromatic carbocycles. The first-order valence-corrected chi connectivity index (χ1v) is 9.56. The van der Waals surface area contributed by atoms with Crippen molar-refractivity contribution in [1.29, 1.82) is 21.2 Å². The number of fused-ring (bicyclic) bond motifs is 2. The molecule has 4 unspecified atom stereocenters. The molecule has 2 aliphatic heterocycles. The van der Waals surface area contributed by atoms with Gasteiger partial charge in [0, 0.05) is 22.4 Å². The van der Waals surface area contributed by atoms with Crippen LogP contribution in [0.3, 0.4) is 0 Å². The molecule has 7 nitrogen and oxygen atoms in total. The highest BCUT2D eigenvalue weighted by atomic mass is 79.9. The predicted molar refractivity (Wildman–Crippen MR) is 104 cm³/mol. The van der Waals surface area contributed by atoms with E-state index in [1.807, 2.05) is 12.1 Å². The number of pyridine rings is 1. The van der Waals surface area contributed by atoms with Gasteiger partial charge in [-0.05, 0) is 29.8 Å². The Bertz CT molecular complexity index is 1100. The van der Waals surface area contributed by atoms with Crippen LogP contribution in [-0.4, -0.2) is 10.9 Å². The van der Waals surface area contributed by atoms with Crippen molar-refractivity contribution in [2.45, 2.75) is 18.8 Å². The second-order valence-electron chi connectivity index (χ2n) is 7.06. The molecule has 0 saturated carbocycles. The van der Waals surface area contributed by atoms with E-state index in [1.54, 1.807) is 43.3 Å². The monoisotopic (exact) mass is 447 g/mol. The minimum atomic E-state index is -1.98. The summed E-state index contributed by atoms with van der Waals surface area (Å²) in [6, 6.07) is 16.6. The SMILES string of the molecule is CC1C2(c3ccc(Br)cc3)OC(=N)C1(C#N)C(C#N)(C#N)C(c1ccncc1)O2. The molecule has 0 radical (unpaired) electrons. The van der Waals surface area contributed by atoms with E-state index in [2.05, 4.69) is 27.0 Å². The molecule has 1 aromatic heterocycles. The molecule has 2 saturated heterocycles. The Morgan fingerprint density at radius 1 is 1.03 bits per heavy atom. The first-order chi connectivity index (χ1) is 13.9. The summed E-state index contributed by atoms with van der Waals surface area (Å²) in [6.45, 7) is 1.68. The summed E-state index contributed by atoms with van der Waals surface area (Å²) in [4.78, 5) is 3.98. The lowest BCUT2D eigenvalue weighted by atomic mass is 9.53. The first kappa shape index (κ1) is 19.1. The van der Waals surface area contributed by atoms with Crippen LogP contribution in [0.4, 0.5) is 0 Å². The molecular weight excluding hydrogens is 434 g/mol. The fraction of sp³-hybridized carbons (Fsp3) is 0.286. The zero-order valence-corrected chi connectivity index (χ0v) is 16.8. The van der Waals surface area contributed by atoms with Crippen molar-refractivity contribution in [3.8, 4) is 18.2 Å². The topological polar surface area (TPSA) is 127 Å². The van der Waals surface area contributed by atoms with Crippen LogP contribution in [-0.2, 0) is 15.3 Å². The number of nitrogens with zero attached hydrogens (tertiary/aromatic N) is 4. The van der Waals surface area contributed by atoms with E-state index in [-0.39, 0.29) is 0 Å². The van der Waals surface area contributed by atoms with Crippen LogP contribution in [0.5, 0.6) is 0 Å². The number of nitriles is 3. The van der Waals surface area contributed by atoms with Crippen LogP contribution in [0, 0.1) is 56.2 Å². The smallest absolute Gasteiger partial charge is 0.244 e. The average Bonchev–Trinajstić information content (AvgIpc) is 2.91. The quantitative estimate of drug-likeness (QED) is 0.741. The van der Waals surface area contributed by atoms with Gasteiger partial charge in [0.25, 0.3) is 0 Å². The van der Waals surface area contributed by atoms with Crippen LogP contribution in [0.25, 0.3) is 0 Å². The summed E-state index contributed by atoms with van der Waals surface area (Å²) in [5.74, 6) is -2.71. The highest BCUT2D eigenvalue weighted by Gasteiger charge is 2.79. The summed E-state index contributed by atoms with van der Waals surface area (Å²) in [5.41, 5.74) is -2.68. The minimum Gasteiger partial charge on any atom is -0.443 e. The lowest BCUT2D eigenvalue weighted by Crippen LogP contribution is -2.57. The van der Waals surface area contributed by atoms with Crippen molar-refractivity contribution in [2.75, 3.05) is 0 Å². The largest absolute Gasteiger partial charge is 0.443 e. The van der Waals surface area contributed by atoms with Crippen LogP contribution in [0.15, 0.2) is 53.3 Å². The van der Waals surface area contributed by atoms with E-state index < -0.39 is 34.5 Å². The van der Waals surface area contributed by atoms with Crippen molar-refractivity contribution in [3.05, 3.63) is 64.4 Å². The minimum absolute atomic E-state index is 0.435. The Labute approximate surface area is 175 Å². The third-order valence-corrected chi connectivity index (χ3v) is 6.45. The molecule has 4 rings (SSSR count). The maximum atomic E-state index is 10.2. The number of halogens is 1. The third-order valence-electron chi connectivity index (χ3n) is 5.92. The van der Waals surface area contributed by atoms with Gasteiger partial charge >= 0.3 is 0 Å². The number of hydrogen-bond acceptors (Lipinski definition) is 7. The molecule has 0 amide bonds. The Balaban J connectivity index is 2.04. The van der Waals surface area contributed by atoms with Crippen molar-refractivity contribution in [1.82, 2.24) is 4.98 Å². The van der Waals surface area contributed by atoms with Crippen LogP contribution < -0.4 is 0 Å². The molecular formula is C21H14BrN5O2. The molecule has 8 heteroatoms. The van der Waals surface area contributed by atoms with Crippen molar-refractivity contribution >= 4 is 21.8 Å². The Kier molecular flexibility index (Phi) is 4.20. The van der Waals surface area contributed by atoms with E-state index in [9.17, 15) is 15.8 Å². The van der Waals surface area contributed by atoms with Crippen molar-refractivity contribution < 1.29 is 9.47 Å². The molecule has 142 valence electrons. The fourth-order valence-electron chi connectivity index (χ4n) is 4.39. The summed E-state index contributed by atoms with van der Waals surface area (Å²) >= 11 is 3.39. The lowest BCUT2D eigenvalue weighted by Gasteiger charge is -2.48. The molecule has 29 heavy (non-hydrogen) atoms. The highest BCUT2D eigenvalue weighted by Crippen LogP contribution is 2.68. The molecule has 2 aliphatic rings. The van der Waals surface area contributed by atoms with Gasteiger partial charge in [-0.1, -0.05) is 35.0 Å². The highest BCUT2D eigenvalue weighted by molar-refractivity contribution is 9.10. The van der Waals surface area contributed by atoms with Gasteiger partial charge in [-0.2, -0.15) is 15.8 Å². The van der Waals surface area contributed by atoms with Gasteiger partial charge in [-0.15, -0.1) is 0 Å². The summed E-state index contributed by atoms with van der Waals surface area (Å²) < 4.78 is 13.1. The molecule has 0 spiro atoms. The number of hydrogen-bond donors (Lipinski definition) is 1. The van der Waals surface area contributed by atoms with E-state index in [0.29, 0.717) is 11.1 Å². The summed E-state index contributed by atoms with van der Waals surface area (Å²) in [7, 11) is 0. The van der Waals surface area contributed by atoms with Gasteiger partial charge in [-0.25, -0.2) is 0 Å². The van der Waals surface area contributed by atoms with Crippen LogP contribution in [0.2, 0.25) is 0 Å². The van der Waals surface area contributed by atoms with Gasteiger partial charge in [0.2, 0.25) is 17.1 Å². The number of benzene rings is 1. The number of nitrogens with one attached hydrogen (secondary N) is 1. The van der Waals surface area contributed by atoms with E-state index >= 15 is 0 Å². The lowest BCUT2D eigenvalue weighted by molar-refractivity contribution is -0.288. The summed E-state index contributed by atoms with van der Waals surface area (Å²) in [5, 5.41) is 39.0. The molecule has 3 heterocycles. The molecule has 1 N–H and O–H groups in total. The van der Waals surface area contributed by atoms with E-state index in [4.69, 9.17) is 14.9 Å². The van der Waals surface area contributed by atoms with Gasteiger partial charge in [0.15, 0.2) is 5.41 Å². The van der Waals surface area contributed by atoms with Gasteiger partial charge in [0.1, 0.15) is 6.10 Å². The average molecular weight is 448 g/mol. The Hall–Kier alpha value is -3.25. The van der Waals surface area contributed by atoms with Gasteiger partial charge in [-0.3, -0.25) is 10.4 Å². The molecule has 0 aliphatic carbocycles. The second kappa shape index (κ2) is 6.39. The fourth-order valence-corrected chi connectivity index (χ4v) is 4.65. The first-order valence-electron chi connectivity index (χ1n) is 8.77. The number of aromatic nitrogens is 1. The zero-order valence-electron chi connectivity index (χ0n) is 15.3.